The maximum atomic E-state index is 12.4. The van der Waals surface area contributed by atoms with Crippen molar-refractivity contribution in [1.29, 1.82) is 0 Å². The van der Waals surface area contributed by atoms with Crippen molar-refractivity contribution in [2.75, 3.05) is 11.9 Å². The Morgan fingerprint density at radius 1 is 1.19 bits per heavy atom. The first-order chi connectivity index (χ1) is 14.9. The number of ether oxygens (including phenoxy) is 2. The van der Waals surface area contributed by atoms with Gasteiger partial charge in [-0.15, -0.1) is 0 Å². The molecule has 0 radical (unpaired) electrons. The minimum atomic E-state index is -0.963. The van der Waals surface area contributed by atoms with Crippen LogP contribution in [0.4, 0.5) is 5.82 Å². The second kappa shape index (κ2) is 8.83. The number of carbonyl (C=O) groups excluding carboxylic acids is 2. The molecule has 31 heavy (non-hydrogen) atoms. The van der Waals surface area contributed by atoms with Crippen LogP contribution in [0, 0.1) is 0 Å². The first-order valence-electron chi connectivity index (χ1n) is 10.6. The molecule has 1 atom stereocenters. The molecule has 0 saturated heterocycles. The number of amides is 1. The molecule has 0 spiro atoms. The number of nitrogens with one attached hydrogen (secondary N) is 1. The van der Waals surface area contributed by atoms with Crippen LogP contribution in [-0.4, -0.2) is 34.4 Å². The maximum Gasteiger partial charge on any atom is 0.344 e. The predicted octanol–water partition coefficient (Wildman–Crippen LogP) is 4.04. The minimum Gasteiger partial charge on any atom is -0.482 e. The minimum absolute atomic E-state index is 0.0923. The number of carbonyl (C=O) groups is 2. The third-order valence-electron chi connectivity index (χ3n) is 5.37. The summed E-state index contributed by atoms with van der Waals surface area (Å²) in [6.07, 6.45) is 4.90. The summed E-state index contributed by atoms with van der Waals surface area (Å²) in [5.41, 5.74) is 2.08. The van der Waals surface area contributed by atoms with E-state index in [1.165, 1.54) is 12.5 Å². The van der Waals surface area contributed by atoms with Crippen molar-refractivity contribution in [2.45, 2.75) is 58.6 Å². The molecule has 1 aliphatic carbocycles. The molecule has 8 nitrogen and oxygen atoms in total. The first kappa shape index (κ1) is 21.0. The summed E-state index contributed by atoms with van der Waals surface area (Å²) in [6, 6.07) is 7.32. The number of fused-ring (bicyclic) bond motifs is 3. The van der Waals surface area contributed by atoms with Gasteiger partial charge in [0.25, 0.3) is 5.91 Å². The number of furan rings is 1. The van der Waals surface area contributed by atoms with E-state index in [9.17, 15) is 9.59 Å². The smallest absolute Gasteiger partial charge is 0.344 e. The molecule has 1 unspecified atom stereocenters. The van der Waals surface area contributed by atoms with Gasteiger partial charge in [0, 0.05) is 29.5 Å². The van der Waals surface area contributed by atoms with E-state index >= 15 is 0 Å². The Balaban J connectivity index is 1.32. The Morgan fingerprint density at radius 3 is 2.81 bits per heavy atom. The second-order valence-corrected chi connectivity index (χ2v) is 8.03. The number of nitrogens with zero attached hydrogens (tertiary/aromatic N) is 2. The third kappa shape index (κ3) is 4.57. The number of hydrogen-bond donors (Lipinski definition) is 1. The number of rotatable bonds is 7. The maximum absolute atomic E-state index is 12.4. The van der Waals surface area contributed by atoms with Gasteiger partial charge in [-0.1, -0.05) is 0 Å². The van der Waals surface area contributed by atoms with Gasteiger partial charge in [-0.2, -0.15) is 5.10 Å². The van der Waals surface area contributed by atoms with Crippen LogP contribution < -0.4 is 10.1 Å². The standard InChI is InChI=1S/C23H27N3O5/c1-14(2)26-21(10-11-24-26)25-23(28)15(3)30-22(27)13-29-16-8-9-20-18(12-16)17-6-4-5-7-19(17)31-20/h8-12,14-15H,4-7,13H2,1-3H3,(H,25,28). The highest BCUT2D eigenvalue weighted by molar-refractivity contribution is 5.94. The molecule has 0 bridgehead atoms. The van der Waals surface area contributed by atoms with Crippen LogP contribution in [-0.2, 0) is 27.2 Å². The summed E-state index contributed by atoms with van der Waals surface area (Å²) >= 11 is 0. The summed E-state index contributed by atoms with van der Waals surface area (Å²) in [5.74, 6) is 1.13. The normalized spacial score (nSPS) is 14.3. The lowest BCUT2D eigenvalue weighted by atomic mass is 9.96. The van der Waals surface area contributed by atoms with Crippen LogP contribution >= 0.6 is 0 Å². The van der Waals surface area contributed by atoms with Gasteiger partial charge < -0.3 is 19.2 Å². The first-order valence-corrected chi connectivity index (χ1v) is 10.6. The Kier molecular flexibility index (Phi) is 5.97. The number of benzene rings is 1. The zero-order valence-corrected chi connectivity index (χ0v) is 18.0. The lowest BCUT2D eigenvalue weighted by Gasteiger charge is -2.16. The topological polar surface area (TPSA) is 95.6 Å². The monoisotopic (exact) mass is 425 g/mol. The van der Waals surface area contributed by atoms with Gasteiger partial charge in [-0.25, -0.2) is 9.48 Å². The number of hydrogen-bond acceptors (Lipinski definition) is 6. The summed E-state index contributed by atoms with van der Waals surface area (Å²) in [5, 5.41) is 7.93. The SMILES string of the molecule is CC(OC(=O)COc1ccc2oc3c(c2c1)CCCC3)C(=O)Nc1ccnn1C(C)C. The van der Waals surface area contributed by atoms with Crippen LogP contribution in [0.1, 0.15) is 51.0 Å². The highest BCUT2D eigenvalue weighted by atomic mass is 16.6. The van der Waals surface area contributed by atoms with E-state index in [0.717, 1.165) is 42.4 Å². The number of anilines is 1. The van der Waals surface area contributed by atoms with Crippen molar-refractivity contribution in [3.63, 3.8) is 0 Å². The van der Waals surface area contributed by atoms with E-state index in [2.05, 4.69) is 10.4 Å². The van der Waals surface area contributed by atoms with Crippen molar-refractivity contribution in [1.82, 2.24) is 9.78 Å². The molecule has 2 heterocycles. The molecule has 0 aliphatic heterocycles. The molecule has 1 amide bonds. The molecular formula is C23H27N3O5. The summed E-state index contributed by atoms with van der Waals surface area (Å²) in [4.78, 5) is 24.6. The molecule has 4 rings (SSSR count). The highest BCUT2D eigenvalue weighted by Gasteiger charge is 2.21. The van der Waals surface area contributed by atoms with E-state index in [4.69, 9.17) is 13.9 Å². The van der Waals surface area contributed by atoms with Crippen molar-refractivity contribution in [3.05, 3.63) is 41.8 Å². The third-order valence-corrected chi connectivity index (χ3v) is 5.37. The number of esters is 1. The van der Waals surface area contributed by atoms with Gasteiger partial charge >= 0.3 is 5.97 Å². The molecule has 1 aromatic carbocycles. The van der Waals surface area contributed by atoms with E-state index in [1.54, 1.807) is 23.0 Å². The van der Waals surface area contributed by atoms with Crippen LogP contribution in [0.5, 0.6) is 5.75 Å². The molecule has 0 fully saturated rings. The van der Waals surface area contributed by atoms with E-state index in [1.807, 2.05) is 26.0 Å². The second-order valence-electron chi connectivity index (χ2n) is 8.03. The van der Waals surface area contributed by atoms with Crippen molar-refractivity contribution < 1.29 is 23.5 Å². The van der Waals surface area contributed by atoms with Gasteiger partial charge in [-0.3, -0.25) is 4.79 Å². The van der Waals surface area contributed by atoms with Gasteiger partial charge in [-0.05, 0) is 58.2 Å². The summed E-state index contributed by atoms with van der Waals surface area (Å²) in [6.45, 7) is 5.15. The Hall–Kier alpha value is -3.29. The van der Waals surface area contributed by atoms with E-state index in [-0.39, 0.29) is 12.6 Å². The molecule has 1 aliphatic rings. The number of aryl methyl sites for hydroxylation is 2. The quantitative estimate of drug-likeness (QED) is 0.574. The molecule has 0 saturated carbocycles. The Morgan fingerprint density at radius 2 is 2.00 bits per heavy atom. The molecule has 3 aromatic rings. The van der Waals surface area contributed by atoms with Gasteiger partial charge in [0.2, 0.25) is 0 Å². The lowest BCUT2D eigenvalue weighted by Crippen LogP contribution is -2.32. The molecule has 2 aromatic heterocycles. The Bertz CT molecular complexity index is 1100. The van der Waals surface area contributed by atoms with E-state index < -0.39 is 18.0 Å². The molecular weight excluding hydrogens is 398 g/mol. The Labute approximate surface area is 180 Å². The van der Waals surface area contributed by atoms with Gasteiger partial charge in [0.15, 0.2) is 12.7 Å². The van der Waals surface area contributed by atoms with Crippen molar-refractivity contribution in [2.24, 2.45) is 0 Å². The fraction of sp³-hybridized carbons (Fsp3) is 0.435. The summed E-state index contributed by atoms with van der Waals surface area (Å²) < 4.78 is 18.4. The highest BCUT2D eigenvalue weighted by Crippen LogP contribution is 2.33. The lowest BCUT2D eigenvalue weighted by molar-refractivity contribution is -0.155. The fourth-order valence-corrected chi connectivity index (χ4v) is 3.81. The molecule has 8 heteroatoms. The molecule has 1 N–H and O–H groups in total. The average Bonchev–Trinajstić information content (AvgIpc) is 3.36. The van der Waals surface area contributed by atoms with Crippen LogP contribution in [0.3, 0.4) is 0 Å². The average molecular weight is 425 g/mol. The summed E-state index contributed by atoms with van der Waals surface area (Å²) in [7, 11) is 0. The number of aromatic nitrogens is 2. The molecule has 164 valence electrons. The zero-order valence-electron chi connectivity index (χ0n) is 18.0. The van der Waals surface area contributed by atoms with E-state index in [0.29, 0.717) is 11.6 Å². The van der Waals surface area contributed by atoms with Crippen LogP contribution in [0.25, 0.3) is 11.0 Å². The zero-order chi connectivity index (χ0) is 22.0. The fourth-order valence-electron chi connectivity index (χ4n) is 3.81. The van der Waals surface area contributed by atoms with Crippen molar-refractivity contribution >= 4 is 28.7 Å². The largest absolute Gasteiger partial charge is 0.482 e. The predicted molar refractivity (Wildman–Crippen MR) is 115 cm³/mol. The van der Waals surface area contributed by atoms with Crippen molar-refractivity contribution in [3.8, 4) is 5.75 Å². The van der Waals surface area contributed by atoms with Gasteiger partial charge in [0.05, 0.1) is 6.20 Å². The van der Waals surface area contributed by atoms with Crippen LogP contribution in [0.15, 0.2) is 34.9 Å². The van der Waals surface area contributed by atoms with Gasteiger partial charge in [0.1, 0.15) is 22.9 Å². The van der Waals surface area contributed by atoms with Crippen LogP contribution in [0.2, 0.25) is 0 Å².